The molecule has 0 N–H and O–H groups in total. The zero-order chi connectivity index (χ0) is 21.3. The van der Waals surface area contributed by atoms with Crippen LogP contribution in [0.2, 0.25) is 0 Å². The zero-order valence-corrected chi connectivity index (χ0v) is 15.9. The topological polar surface area (TPSA) is 105 Å². The highest BCUT2D eigenvalue weighted by atomic mass is 32.2. The van der Waals surface area contributed by atoms with Gasteiger partial charge in [-0.15, -0.1) is 0 Å². The van der Waals surface area contributed by atoms with Crippen molar-refractivity contribution in [3.63, 3.8) is 0 Å². The fraction of sp³-hybridized carbons (Fsp3) is 0.158. The third kappa shape index (κ3) is 3.71. The molecule has 2 heterocycles. The van der Waals surface area contributed by atoms with Gasteiger partial charge in [0.05, 0.1) is 10.5 Å². The van der Waals surface area contributed by atoms with E-state index in [1.807, 2.05) is 0 Å². The average Bonchev–Trinajstić information content (AvgIpc) is 3.40. The summed E-state index contributed by atoms with van der Waals surface area (Å²) in [7, 11) is -4.96. The molecule has 1 aliphatic rings. The number of carbonyl (C=O) groups is 1. The Balaban J connectivity index is 1.48. The summed E-state index contributed by atoms with van der Waals surface area (Å²) in [6.07, 6.45) is 0. The number of aromatic nitrogens is 1. The first kappa shape index (κ1) is 19.8. The number of hydrogen-bond donors (Lipinski definition) is 0. The molecule has 11 heteroatoms. The molecule has 0 radical (unpaired) electrons. The van der Waals surface area contributed by atoms with Gasteiger partial charge in [0, 0.05) is 11.6 Å². The monoisotopic (exact) mass is 437 g/mol. The number of nitrogens with zero attached hydrogens (tertiary/aromatic N) is 1. The van der Waals surface area contributed by atoms with Crippen molar-refractivity contribution in [3.8, 4) is 22.8 Å². The van der Waals surface area contributed by atoms with E-state index in [0.717, 1.165) is 12.1 Å². The average molecular weight is 437 g/mol. The highest BCUT2D eigenvalue weighted by Crippen LogP contribution is 2.36. The first-order valence-corrected chi connectivity index (χ1v) is 10.0. The first-order valence-electron chi connectivity index (χ1n) is 8.50. The Morgan fingerprint density at radius 1 is 1.10 bits per heavy atom. The molecule has 156 valence electrons. The summed E-state index contributed by atoms with van der Waals surface area (Å²) in [6.45, 7) is -0.227. The number of hydrogen-bond acceptors (Lipinski definition) is 8. The number of esters is 1. The van der Waals surface area contributed by atoms with E-state index in [1.165, 1.54) is 18.2 Å². The fourth-order valence-corrected chi connectivity index (χ4v) is 3.68. The number of rotatable bonds is 6. The predicted molar refractivity (Wildman–Crippen MR) is 96.8 cm³/mol. The molecule has 1 aliphatic heterocycles. The number of halogens is 2. The van der Waals surface area contributed by atoms with E-state index in [2.05, 4.69) is 5.16 Å². The summed E-state index contributed by atoms with van der Waals surface area (Å²) in [5.41, 5.74) is 0.403. The van der Waals surface area contributed by atoms with Crippen molar-refractivity contribution < 1.29 is 40.7 Å². The van der Waals surface area contributed by atoms with Crippen LogP contribution < -0.4 is 9.47 Å². The van der Waals surface area contributed by atoms with Crippen LogP contribution in [0.5, 0.6) is 11.5 Å². The van der Waals surface area contributed by atoms with E-state index in [1.54, 1.807) is 18.2 Å². The maximum atomic E-state index is 12.9. The van der Waals surface area contributed by atoms with E-state index in [9.17, 15) is 22.0 Å². The highest BCUT2D eigenvalue weighted by Gasteiger charge is 2.31. The third-order valence-corrected chi connectivity index (χ3v) is 5.65. The molecule has 0 aliphatic carbocycles. The van der Waals surface area contributed by atoms with Gasteiger partial charge in [-0.05, 0) is 30.3 Å². The first-order chi connectivity index (χ1) is 14.4. The zero-order valence-electron chi connectivity index (χ0n) is 15.1. The van der Waals surface area contributed by atoms with E-state index in [0.29, 0.717) is 22.8 Å². The Morgan fingerprint density at radius 2 is 1.87 bits per heavy atom. The molecule has 3 aromatic rings. The van der Waals surface area contributed by atoms with Crippen molar-refractivity contribution in [2.75, 3.05) is 6.79 Å². The lowest BCUT2D eigenvalue weighted by molar-refractivity contribution is 0.0459. The molecule has 0 unspecified atom stereocenters. The van der Waals surface area contributed by atoms with E-state index < -0.39 is 32.0 Å². The van der Waals surface area contributed by atoms with E-state index in [-0.39, 0.29) is 19.1 Å². The quantitative estimate of drug-likeness (QED) is 0.540. The molecular weight excluding hydrogens is 424 g/mol. The Hall–Kier alpha value is -3.47. The Bertz CT molecular complexity index is 1210. The standard InChI is InChI=1S/C19H13F2NO7S/c20-19(21)30(24,25)17-4-2-1-3-13(17)18(23)26-9-12-8-15(29-22-12)11-5-6-14-16(7-11)28-10-27-14/h1-8,19H,9-10H2. The van der Waals surface area contributed by atoms with E-state index >= 15 is 0 Å². The molecule has 0 atom stereocenters. The minimum atomic E-state index is -4.96. The van der Waals surface area contributed by atoms with Crippen molar-refractivity contribution in [1.29, 1.82) is 0 Å². The molecule has 0 spiro atoms. The molecule has 0 saturated heterocycles. The molecule has 1 aromatic heterocycles. The van der Waals surface area contributed by atoms with Gasteiger partial charge >= 0.3 is 11.7 Å². The molecule has 0 bridgehead atoms. The van der Waals surface area contributed by atoms with Crippen LogP contribution in [0.15, 0.2) is 57.9 Å². The van der Waals surface area contributed by atoms with Crippen molar-refractivity contribution in [2.24, 2.45) is 0 Å². The Kier molecular flexibility index (Phi) is 5.12. The fourth-order valence-electron chi connectivity index (χ4n) is 2.76. The third-order valence-electron chi connectivity index (χ3n) is 4.22. The normalized spacial score (nSPS) is 12.9. The van der Waals surface area contributed by atoms with Gasteiger partial charge in [-0.25, -0.2) is 13.2 Å². The van der Waals surface area contributed by atoms with Gasteiger partial charge in [-0.1, -0.05) is 17.3 Å². The van der Waals surface area contributed by atoms with Crippen molar-refractivity contribution in [3.05, 3.63) is 59.8 Å². The van der Waals surface area contributed by atoms with Crippen LogP contribution in [0, 0.1) is 0 Å². The van der Waals surface area contributed by atoms with Crippen LogP contribution in [0.1, 0.15) is 16.1 Å². The van der Waals surface area contributed by atoms with Gasteiger partial charge < -0.3 is 18.7 Å². The lowest BCUT2D eigenvalue weighted by atomic mass is 10.1. The lowest BCUT2D eigenvalue weighted by Gasteiger charge is -2.09. The number of benzene rings is 2. The molecule has 8 nitrogen and oxygen atoms in total. The summed E-state index contributed by atoms with van der Waals surface area (Å²) < 4.78 is 70.0. The maximum absolute atomic E-state index is 12.9. The number of ether oxygens (including phenoxy) is 3. The van der Waals surface area contributed by atoms with Crippen molar-refractivity contribution in [2.45, 2.75) is 17.3 Å². The van der Waals surface area contributed by atoms with Crippen molar-refractivity contribution in [1.82, 2.24) is 5.16 Å². The molecule has 0 amide bonds. The van der Waals surface area contributed by atoms with Crippen LogP contribution in [-0.2, 0) is 21.2 Å². The van der Waals surface area contributed by atoms with Gasteiger partial charge in [0.2, 0.25) is 16.6 Å². The van der Waals surface area contributed by atoms with Gasteiger partial charge in [0.1, 0.15) is 12.3 Å². The van der Waals surface area contributed by atoms with Crippen LogP contribution >= 0.6 is 0 Å². The molecule has 30 heavy (non-hydrogen) atoms. The Labute approximate surface area is 168 Å². The minimum Gasteiger partial charge on any atom is -0.455 e. The van der Waals surface area contributed by atoms with Crippen LogP contribution in [0.3, 0.4) is 0 Å². The molecule has 4 rings (SSSR count). The number of carbonyl (C=O) groups excluding carboxylic acids is 1. The predicted octanol–water partition coefficient (Wildman–Crippen LogP) is 3.42. The largest absolute Gasteiger partial charge is 0.455 e. The summed E-state index contributed by atoms with van der Waals surface area (Å²) in [5.74, 6) is -3.22. The summed E-state index contributed by atoms with van der Waals surface area (Å²) in [6, 6.07) is 11.3. The second kappa shape index (κ2) is 7.75. The molecule has 2 aromatic carbocycles. The summed E-state index contributed by atoms with van der Waals surface area (Å²) in [5, 5.41) is 3.79. The smallest absolute Gasteiger partial charge is 0.341 e. The number of alkyl halides is 2. The second-order valence-electron chi connectivity index (χ2n) is 6.13. The maximum Gasteiger partial charge on any atom is 0.341 e. The highest BCUT2D eigenvalue weighted by molar-refractivity contribution is 7.91. The van der Waals surface area contributed by atoms with Crippen LogP contribution in [-0.4, -0.2) is 32.1 Å². The van der Waals surface area contributed by atoms with Gasteiger partial charge in [0.25, 0.3) is 0 Å². The minimum absolute atomic E-state index is 0.124. The summed E-state index contributed by atoms with van der Waals surface area (Å²) >= 11 is 0. The van der Waals surface area contributed by atoms with E-state index in [4.69, 9.17) is 18.7 Å². The number of sulfone groups is 1. The van der Waals surface area contributed by atoms with Gasteiger partial charge in [-0.3, -0.25) is 0 Å². The lowest BCUT2D eigenvalue weighted by Crippen LogP contribution is -2.17. The molecular formula is C19H13F2NO7S. The molecule has 0 fully saturated rings. The SMILES string of the molecule is O=C(OCc1cc(-c2ccc3c(c2)OCO3)on1)c1ccccc1S(=O)(=O)C(F)F. The van der Waals surface area contributed by atoms with Gasteiger partial charge in [0.15, 0.2) is 17.3 Å². The Morgan fingerprint density at radius 3 is 2.67 bits per heavy atom. The number of fused-ring (bicyclic) bond motifs is 1. The second-order valence-corrected chi connectivity index (χ2v) is 8.01. The van der Waals surface area contributed by atoms with Crippen LogP contribution in [0.4, 0.5) is 8.78 Å². The van der Waals surface area contributed by atoms with Gasteiger partial charge in [-0.2, -0.15) is 8.78 Å². The van der Waals surface area contributed by atoms with Crippen molar-refractivity contribution >= 4 is 15.8 Å². The van der Waals surface area contributed by atoms with Crippen LogP contribution in [0.25, 0.3) is 11.3 Å². The summed E-state index contributed by atoms with van der Waals surface area (Å²) in [4.78, 5) is 11.5. The molecule has 0 saturated carbocycles.